The Morgan fingerprint density at radius 3 is 2.81 bits per heavy atom. The number of nitrogens with one attached hydrogen (secondary N) is 2. The molecule has 1 amide bonds. The predicted molar refractivity (Wildman–Crippen MR) is 78.0 cm³/mol. The van der Waals surface area contributed by atoms with E-state index in [1.807, 2.05) is 6.92 Å². The molecule has 3 N–H and O–H groups in total. The molecule has 2 rings (SSSR count). The molecule has 0 aliphatic heterocycles. The summed E-state index contributed by atoms with van der Waals surface area (Å²) in [5.41, 5.74) is 1.97. The lowest BCUT2D eigenvalue weighted by molar-refractivity contribution is 0.102. The van der Waals surface area contributed by atoms with Gasteiger partial charge < -0.3 is 10.4 Å². The molecule has 0 fully saturated rings. The number of rotatable bonds is 2. The molecule has 0 aliphatic carbocycles. The summed E-state index contributed by atoms with van der Waals surface area (Å²) >= 11 is 0. The normalized spacial score (nSPS) is 9.62. The highest BCUT2D eigenvalue weighted by Gasteiger charge is 2.09. The van der Waals surface area contributed by atoms with Crippen LogP contribution in [-0.2, 0) is 0 Å². The third kappa shape index (κ3) is 3.78. The number of hydrogen-bond donors (Lipinski definition) is 3. The minimum atomic E-state index is -0.413. The zero-order valence-electron chi connectivity index (χ0n) is 11.3. The van der Waals surface area contributed by atoms with Crippen LogP contribution < -0.4 is 10.9 Å². The fourth-order valence-electron chi connectivity index (χ4n) is 1.68. The molecule has 0 spiro atoms. The first kappa shape index (κ1) is 14.5. The number of anilines is 1. The highest BCUT2D eigenvalue weighted by atomic mass is 16.2. The van der Waals surface area contributed by atoms with Crippen molar-refractivity contribution in [2.24, 2.45) is 0 Å². The van der Waals surface area contributed by atoms with Gasteiger partial charge in [-0.1, -0.05) is 11.8 Å². The number of aryl methyl sites for hydroxylation is 1. The number of aliphatic hydroxyl groups is 1. The number of aromatic amines is 1. The quantitative estimate of drug-likeness (QED) is 0.706. The second kappa shape index (κ2) is 6.50. The first-order chi connectivity index (χ1) is 10.1. The van der Waals surface area contributed by atoms with Gasteiger partial charge in [0.15, 0.2) is 0 Å². The first-order valence-electron chi connectivity index (χ1n) is 6.17. The third-order valence-corrected chi connectivity index (χ3v) is 2.70. The monoisotopic (exact) mass is 283 g/mol. The van der Waals surface area contributed by atoms with E-state index in [9.17, 15) is 9.59 Å². The minimum absolute atomic E-state index is 0.123. The van der Waals surface area contributed by atoms with Crippen LogP contribution in [0.5, 0.6) is 0 Å². The van der Waals surface area contributed by atoms with Gasteiger partial charge in [-0.2, -0.15) is 5.10 Å². The Bertz CT molecular complexity index is 764. The molecule has 2 aromatic rings. The summed E-state index contributed by atoms with van der Waals surface area (Å²) < 4.78 is 0. The van der Waals surface area contributed by atoms with Gasteiger partial charge in [-0.3, -0.25) is 9.59 Å². The fourth-order valence-corrected chi connectivity index (χ4v) is 1.68. The summed E-state index contributed by atoms with van der Waals surface area (Å²) in [7, 11) is 0. The second-order valence-electron chi connectivity index (χ2n) is 4.25. The molecule has 0 bridgehead atoms. The molecular weight excluding hydrogens is 270 g/mol. The Labute approximate surface area is 120 Å². The van der Waals surface area contributed by atoms with E-state index in [1.54, 1.807) is 18.2 Å². The zero-order chi connectivity index (χ0) is 15.2. The number of carbonyl (C=O) groups is 1. The Kier molecular flexibility index (Phi) is 4.49. The molecule has 1 heterocycles. The van der Waals surface area contributed by atoms with Crippen LogP contribution in [0.4, 0.5) is 5.69 Å². The molecule has 1 aromatic carbocycles. The number of aromatic nitrogens is 2. The fraction of sp³-hybridized carbons (Fsp3) is 0.133. The standard InChI is InChI=1S/C15H13N3O3/c1-10-9-11(3-2-8-19)4-5-12(10)16-15(21)13-6-7-14(20)18-17-13/h4-7,9,19H,8H2,1H3,(H,16,21)(H,18,20). The predicted octanol–water partition coefficient (Wildman–Crippen LogP) is 0.674. The van der Waals surface area contributed by atoms with Gasteiger partial charge in [0.1, 0.15) is 12.3 Å². The van der Waals surface area contributed by atoms with Gasteiger partial charge in [0, 0.05) is 17.3 Å². The van der Waals surface area contributed by atoms with E-state index < -0.39 is 5.91 Å². The summed E-state index contributed by atoms with van der Waals surface area (Å²) in [5, 5.41) is 17.2. The van der Waals surface area contributed by atoms with Crippen molar-refractivity contribution in [3.63, 3.8) is 0 Å². The molecule has 106 valence electrons. The van der Waals surface area contributed by atoms with Crippen LogP contribution in [0.2, 0.25) is 0 Å². The van der Waals surface area contributed by atoms with Crippen LogP contribution in [-0.4, -0.2) is 27.8 Å². The highest BCUT2D eigenvalue weighted by molar-refractivity contribution is 6.03. The van der Waals surface area contributed by atoms with Gasteiger partial charge in [0.25, 0.3) is 11.5 Å². The van der Waals surface area contributed by atoms with Crippen molar-refractivity contribution >= 4 is 11.6 Å². The maximum absolute atomic E-state index is 12.0. The van der Waals surface area contributed by atoms with Gasteiger partial charge in [-0.25, -0.2) is 5.10 Å². The Morgan fingerprint density at radius 1 is 1.38 bits per heavy atom. The topological polar surface area (TPSA) is 95.1 Å². The summed E-state index contributed by atoms with van der Waals surface area (Å²) in [6.07, 6.45) is 0. The molecule has 1 aromatic heterocycles. The lowest BCUT2D eigenvalue weighted by atomic mass is 10.1. The van der Waals surface area contributed by atoms with Crippen molar-refractivity contribution in [1.82, 2.24) is 10.2 Å². The van der Waals surface area contributed by atoms with Gasteiger partial charge in [-0.05, 0) is 36.8 Å². The van der Waals surface area contributed by atoms with Gasteiger partial charge in [0.2, 0.25) is 0 Å². The van der Waals surface area contributed by atoms with Crippen molar-refractivity contribution in [3.8, 4) is 11.8 Å². The number of aliphatic hydroxyl groups excluding tert-OH is 1. The largest absolute Gasteiger partial charge is 0.384 e. The number of H-pyrrole nitrogens is 1. The number of amides is 1. The molecule has 6 heteroatoms. The van der Waals surface area contributed by atoms with E-state index in [2.05, 4.69) is 27.4 Å². The zero-order valence-corrected chi connectivity index (χ0v) is 11.3. The lowest BCUT2D eigenvalue weighted by Crippen LogP contribution is -2.18. The van der Waals surface area contributed by atoms with Crippen LogP contribution in [0, 0.1) is 18.8 Å². The molecule has 0 aliphatic rings. The summed E-state index contributed by atoms with van der Waals surface area (Å²) in [6.45, 7) is 1.63. The van der Waals surface area contributed by atoms with E-state index >= 15 is 0 Å². The second-order valence-corrected chi connectivity index (χ2v) is 4.25. The van der Waals surface area contributed by atoms with Crippen molar-refractivity contribution < 1.29 is 9.90 Å². The molecular formula is C15H13N3O3. The van der Waals surface area contributed by atoms with Crippen molar-refractivity contribution in [1.29, 1.82) is 0 Å². The lowest BCUT2D eigenvalue weighted by Gasteiger charge is -2.08. The molecule has 0 radical (unpaired) electrons. The molecule has 0 saturated heterocycles. The minimum Gasteiger partial charge on any atom is -0.384 e. The van der Waals surface area contributed by atoms with Crippen molar-refractivity contribution in [2.75, 3.05) is 11.9 Å². The van der Waals surface area contributed by atoms with Crippen LogP contribution >= 0.6 is 0 Å². The van der Waals surface area contributed by atoms with E-state index in [4.69, 9.17) is 5.11 Å². The van der Waals surface area contributed by atoms with E-state index in [0.717, 1.165) is 11.1 Å². The van der Waals surface area contributed by atoms with E-state index in [1.165, 1.54) is 12.1 Å². The molecule has 0 atom stereocenters. The maximum atomic E-state index is 12.0. The van der Waals surface area contributed by atoms with Gasteiger partial charge >= 0.3 is 0 Å². The average molecular weight is 283 g/mol. The number of benzene rings is 1. The van der Waals surface area contributed by atoms with Gasteiger partial charge in [0.05, 0.1) is 0 Å². The highest BCUT2D eigenvalue weighted by Crippen LogP contribution is 2.16. The van der Waals surface area contributed by atoms with Crippen LogP contribution in [0.3, 0.4) is 0 Å². The van der Waals surface area contributed by atoms with Crippen molar-refractivity contribution in [3.05, 3.63) is 57.5 Å². The maximum Gasteiger partial charge on any atom is 0.276 e. The number of carbonyl (C=O) groups excluding carboxylic acids is 1. The smallest absolute Gasteiger partial charge is 0.276 e. The Morgan fingerprint density at radius 2 is 2.19 bits per heavy atom. The first-order valence-corrected chi connectivity index (χ1v) is 6.17. The van der Waals surface area contributed by atoms with Crippen LogP contribution in [0.15, 0.2) is 35.1 Å². The number of hydrogen-bond acceptors (Lipinski definition) is 4. The SMILES string of the molecule is Cc1cc(C#CCO)ccc1NC(=O)c1ccc(=O)[nH]n1. The van der Waals surface area contributed by atoms with Crippen molar-refractivity contribution in [2.45, 2.75) is 6.92 Å². The molecule has 0 saturated carbocycles. The average Bonchev–Trinajstić information content (AvgIpc) is 2.48. The van der Waals surface area contributed by atoms with Crippen LogP contribution in [0.1, 0.15) is 21.6 Å². The molecule has 0 unspecified atom stereocenters. The number of nitrogens with zero attached hydrogens (tertiary/aromatic N) is 1. The molecule has 21 heavy (non-hydrogen) atoms. The van der Waals surface area contributed by atoms with E-state index in [0.29, 0.717) is 5.69 Å². The Hall–Kier alpha value is -2.91. The third-order valence-electron chi connectivity index (χ3n) is 2.70. The van der Waals surface area contributed by atoms with E-state index in [-0.39, 0.29) is 17.9 Å². The Balaban J connectivity index is 2.17. The van der Waals surface area contributed by atoms with Crippen LogP contribution in [0.25, 0.3) is 0 Å². The summed E-state index contributed by atoms with van der Waals surface area (Å²) in [4.78, 5) is 22.9. The summed E-state index contributed by atoms with van der Waals surface area (Å²) in [5.74, 6) is 4.93. The van der Waals surface area contributed by atoms with Gasteiger partial charge in [-0.15, -0.1) is 0 Å². The molecule has 6 nitrogen and oxygen atoms in total. The summed E-state index contributed by atoms with van der Waals surface area (Å²) in [6, 6.07) is 7.86.